The summed E-state index contributed by atoms with van der Waals surface area (Å²) in [6.07, 6.45) is 4.42. The van der Waals surface area contributed by atoms with Crippen molar-refractivity contribution in [1.29, 1.82) is 0 Å². The molecule has 2 unspecified atom stereocenters. The third-order valence-corrected chi connectivity index (χ3v) is 6.57. The number of benzene rings is 3. The number of carbonyl (C=O) groups is 2. The van der Waals surface area contributed by atoms with E-state index < -0.39 is 47.0 Å². The molecule has 0 aliphatic carbocycles. The Morgan fingerprint density at radius 3 is 1.93 bits per heavy atom. The molecule has 0 aromatic heterocycles. The molecule has 9 N–H and O–H groups in total. The van der Waals surface area contributed by atoms with Gasteiger partial charge in [0.05, 0.1) is 0 Å². The molecule has 3 aromatic carbocycles. The molecule has 0 spiro atoms. The Bertz CT molecular complexity index is 1530. The predicted molar refractivity (Wildman–Crippen MR) is 157 cm³/mol. The maximum atomic E-state index is 12.8. The van der Waals surface area contributed by atoms with Crippen LogP contribution in [0.25, 0.3) is 18.2 Å². The molecule has 12 nitrogen and oxygen atoms in total. The van der Waals surface area contributed by atoms with E-state index in [0.29, 0.717) is 35.1 Å². The molecule has 0 radical (unpaired) electrons. The molecule has 0 saturated carbocycles. The van der Waals surface area contributed by atoms with Crippen LogP contribution in [0.3, 0.4) is 0 Å². The zero-order valence-corrected chi connectivity index (χ0v) is 23.1. The summed E-state index contributed by atoms with van der Waals surface area (Å²) in [4.78, 5) is 24.9. The fourth-order valence-corrected chi connectivity index (χ4v) is 4.37. The number of aryl methyl sites for hydroxylation is 1. The number of nitrogens with one attached hydrogen (secondary N) is 1. The first kappa shape index (κ1) is 32.3. The number of esters is 1. The number of aliphatic hydroxyl groups excluding tert-OH is 1. The maximum Gasteiger partial charge on any atom is 0.345 e. The molecule has 0 aliphatic rings. The number of phenolic OH excluding ortho intramolecular Hbond substituents is 6. The topological polar surface area (TPSA) is 217 Å². The van der Waals surface area contributed by atoms with E-state index in [-0.39, 0.29) is 30.2 Å². The molecule has 3 aromatic rings. The Morgan fingerprint density at radius 1 is 0.791 bits per heavy atom. The summed E-state index contributed by atoms with van der Waals surface area (Å²) >= 11 is 0. The highest BCUT2D eigenvalue weighted by Gasteiger charge is 2.33. The SMILES string of the molecule is CNCC(c1ccc(O)c(O)c1)C(OC(=O)C=Cc1cc(O)c(O)cc1C=Cc1cc(O)c(O)cc1CCCO)C(=O)O. The van der Waals surface area contributed by atoms with E-state index in [2.05, 4.69) is 5.32 Å². The van der Waals surface area contributed by atoms with Gasteiger partial charge in [-0.3, -0.25) is 0 Å². The van der Waals surface area contributed by atoms with Crippen LogP contribution < -0.4 is 5.32 Å². The molecule has 0 bridgehead atoms. The number of aliphatic carboxylic acids is 1. The molecule has 2 atom stereocenters. The number of aliphatic hydroxyl groups is 1. The Labute approximate surface area is 246 Å². The average molecular weight is 596 g/mol. The largest absolute Gasteiger partial charge is 0.504 e. The fourth-order valence-electron chi connectivity index (χ4n) is 4.37. The second-order valence-corrected chi connectivity index (χ2v) is 9.61. The van der Waals surface area contributed by atoms with Crippen LogP contribution in [0.4, 0.5) is 0 Å². The number of hydrogen-bond donors (Lipinski definition) is 9. The van der Waals surface area contributed by atoms with Gasteiger partial charge in [0.25, 0.3) is 0 Å². The second-order valence-electron chi connectivity index (χ2n) is 9.61. The number of carboxylic acids is 1. The molecule has 3 rings (SSSR count). The number of aromatic hydroxyl groups is 6. The fraction of sp³-hybridized carbons (Fsp3) is 0.226. The molecule has 228 valence electrons. The van der Waals surface area contributed by atoms with Crippen molar-refractivity contribution in [2.24, 2.45) is 0 Å². The minimum Gasteiger partial charge on any atom is -0.504 e. The zero-order chi connectivity index (χ0) is 31.7. The van der Waals surface area contributed by atoms with Crippen LogP contribution in [0.15, 0.2) is 48.5 Å². The summed E-state index contributed by atoms with van der Waals surface area (Å²) in [5, 5.41) is 81.3. The molecular formula is C31H33NO11. The van der Waals surface area contributed by atoms with E-state index in [1.165, 1.54) is 54.6 Å². The van der Waals surface area contributed by atoms with Crippen molar-refractivity contribution in [1.82, 2.24) is 5.32 Å². The van der Waals surface area contributed by atoms with Gasteiger partial charge in [-0.2, -0.15) is 0 Å². The van der Waals surface area contributed by atoms with Crippen LogP contribution in [-0.2, 0) is 20.7 Å². The van der Waals surface area contributed by atoms with Gasteiger partial charge in [-0.15, -0.1) is 0 Å². The van der Waals surface area contributed by atoms with E-state index in [0.717, 1.165) is 6.08 Å². The normalized spacial score (nSPS) is 12.9. The quantitative estimate of drug-likeness (QED) is 0.0603. The van der Waals surface area contributed by atoms with E-state index in [1.54, 1.807) is 13.1 Å². The Balaban J connectivity index is 1.91. The van der Waals surface area contributed by atoms with Gasteiger partial charge in [0.15, 0.2) is 34.5 Å². The summed E-state index contributed by atoms with van der Waals surface area (Å²) in [5.74, 6) is -5.92. The minimum atomic E-state index is -1.68. The molecule has 12 heteroatoms. The number of carbonyl (C=O) groups excluding carboxylic acids is 1. The van der Waals surface area contributed by atoms with Crippen molar-refractivity contribution in [3.63, 3.8) is 0 Å². The Hall–Kier alpha value is -5.20. The summed E-state index contributed by atoms with van der Waals surface area (Å²) in [6, 6.07) is 8.87. The van der Waals surface area contributed by atoms with Crippen molar-refractivity contribution in [2.45, 2.75) is 24.9 Å². The van der Waals surface area contributed by atoms with Gasteiger partial charge in [0.2, 0.25) is 6.10 Å². The van der Waals surface area contributed by atoms with Crippen molar-refractivity contribution in [3.8, 4) is 34.5 Å². The molecule has 0 aliphatic heterocycles. The van der Waals surface area contributed by atoms with Gasteiger partial charge < -0.3 is 50.9 Å². The highest BCUT2D eigenvalue weighted by atomic mass is 16.6. The summed E-state index contributed by atoms with van der Waals surface area (Å²) in [7, 11) is 1.56. The molecule has 0 saturated heterocycles. The second kappa shape index (κ2) is 14.6. The number of hydrogen-bond acceptors (Lipinski definition) is 11. The van der Waals surface area contributed by atoms with Gasteiger partial charge in [-0.1, -0.05) is 18.2 Å². The van der Waals surface area contributed by atoms with Crippen LogP contribution >= 0.6 is 0 Å². The molecule has 0 fully saturated rings. The van der Waals surface area contributed by atoms with Crippen molar-refractivity contribution in [2.75, 3.05) is 20.2 Å². The number of carboxylic acid groups (broad SMARTS) is 1. The van der Waals surface area contributed by atoms with Crippen molar-refractivity contribution in [3.05, 3.63) is 76.4 Å². The van der Waals surface area contributed by atoms with Crippen molar-refractivity contribution < 1.29 is 55.2 Å². The lowest BCUT2D eigenvalue weighted by Gasteiger charge is -2.24. The summed E-state index contributed by atoms with van der Waals surface area (Å²) < 4.78 is 5.26. The number of likely N-dealkylation sites (N-methyl/N-ethyl adjacent to an activating group) is 1. The van der Waals surface area contributed by atoms with Gasteiger partial charge in [0.1, 0.15) is 0 Å². The Kier molecular flexibility index (Phi) is 11.0. The third-order valence-electron chi connectivity index (χ3n) is 6.57. The molecule has 0 amide bonds. The van der Waals surface area contributed by atoms with Crippen LogP contribution in [0, 0.1) is 0 Å². The predicted octanol–water partition coefficient (Wildman–Crippen LogP) is 3.03. The van der Waals surface area contributed by atoms with Crippen molar-refractivity contribution >= 4 is 30.2 Å². The average Bonchev–Trinajstić information content (AvgIpc) is 2.96. The minimum absolute atomic E-state index is 0.0477. The molecule has 0 heterocycles. The summed E-state index contributed by atoms with van der Waals surface area (Å²) in [6.45, 7) is -0.0381. The number of phenols is 6. The third kappa shape index (κ3) is 8.41. The lowest BCUT2D eigenvalue weighted by molar-refractivity contribution is -0.162. The highest BCUT2D eigenvalue weighted by Crippen LogP contribution is 2.34. The van der Waals surface area contributed by atoms with Crippen LogP contribution in [0.5, 0.6) is 34.5 Å². The maximum absolute atomic E-state index is 12.8. The number of ether oxygens (including phenoxy) is 1. The van der Waals surface area contributed by atoms with Gasteiger partial charge in [0, 0.05) is 25.1 Å². The zero-order valence-electron chi connectivity index (χ0n) is 23.1. The lowest BCUT2D eigenvalue weighted by atomic mass is 9.92. The van der Waals surface area contributed by atoms with E-state index in [1.807, 2.05) is 0 Å². The highest BCUT2D eigenvalue weighted by molar-refractivity contribution is 5.91. The first-order valence-electron chi connectivity index (χ1n) is 13.1. The van der Waals surface area contributed by atoms with Crippen LogP contribution in [0.2, 0.25) is 0 Å². The van der Waals surface area contributed by atoms with Gasteiger partial charge in [-0.05, 0) is 90.2 Å². The van der Waals surface area contributed by atoms with E-state index in [9.17, 15) is 50.4 Å². The van der Waals surface area contributed by atoms with Gasteiger partial charge >= 0.3 is 11.9 Å². The molecular weight excluding hydrogens is 562 g/mol. The standard InChI is InChI=1S/C31H33NO11/c1-32-16-22(21-6-8-23(34)24(35)15-21)30(31(41)42)43-29(40)9-7-20-14-28(39)27(38)13-19(20)5-4-18-12-26(37)25(36)11-17(18)3-2-10-33/h4-9,11-15,22,30,32-39H,2-3,10,16H2,1H3,(H,41,42). The monoisotopic (exact) mass is 595 g/mol. The van der Waals surface area contributed by atoms with Crippen LogP contribution in [0.1, 0.15) is 40.2 Å². The van der Waals surface area contributed by atoms with Gasteiger partial charge in [-0.25, -0.2) is 9.59 Å². The van der Waals surface area contributed by atoms with Crippen LogP contribution in [-0.4, -0.2) is 79.1 Å². The number of rotatable bonds is 13. The molecule has 43 heavy (non-hydrogen) atoms. The van der Waals surface area contributed by atoms with E-state index in [4.69, 9.17) is 4.74 Å². The van der Waals surface area contributed by atoms with E-state index >= 15 is 0 Å². The Morgan fingerprint density at radius 2 is 1.35 bits per heavy atom. The first-order valence-corrected chi connectivity index (χ1v) is 13.1. The summed E-state index contributed by atoms with van der Waals surface area (Å²) in [5.41, 5.74) is 1.99. The first-order chi connectivity index (χ1) is 20.4. The smallest absolute Gasteiger partial charge is 0.345 e. The lowest BCUT2D eigenvalue weighted by Crippen LogP contribution is -2.37.